The first-order valence-corrected chi connectivity index (χ1v) is 5.86. The third-order valence-electron chi connectivity index (χ3n) is 2.84. The molecule has 0 unspecified atom stereocenters. The first-order valence-electron chi connectivity index (χ1n) is 5.86. The summed E-state index contributed by atoms with van der Waals surface area (Å²) in [5.74, 6) is 0.757. The van der Waals surface area contributed by atoms with Crippen LogP contribution in [0.3, 0.4) is 0 Å². The zero-order valence-corrected chi connectivity index (χ0v) is 10.1. The van der Waals surface area contributed by atoms with E-state index in [9.17, 15) is 0 Å². The highest BCUT2D eigenvalue weighted by atomic mass is 16.5. The van der Waals surface area contributed by atoms with Crippen molar-refractivity contribution in [3.8, 4) is 17.1 Å². The molecule has 2 aromatic rings. The van der Waals surface area contributed by atoms with Crippen LogP contribution in [0.15, 0.2) is 24.5 Å². The van der Waals surface area contributed by atoms with Crippen molar-refractivity contribution in [3.05, 3.63) is 24.5 Å². The van der Waals surface area contributed by atoms with Gasteiger partial charge in [0.05, 0.1) is 5.69 Å². The van der Waals surface area contributed by atoms with Crippen LogP contribution in [0, 0.1) is 0 Å². The number of ether oxygens (including phenoxy) is 1. The van der Waals surface area contributed by atoms with Crippen LogP contribution in [0.25, 0.3) is 11.3 Å². The molecule has 2 heterocycles. The zero-order valence-electron chi connectivity index (χ0n) is 10.1. The second-order valence-corrected chi connectivity index (χ2v) is 4.54. The summed E-state index contributed by atoms with van der Waals surface area (Å²) < 4.78 is 7.51. The average molecular weight is 227 g/mol. The van der Waals surface area contributed by atoms with Crippen molar-refractivity contribution >= 4 is 13.3 Å². The lowest BCUT2D eigenvalue weighted by Gasteiger charge is -2.07. The van der Waals surface area contributed by atoms with Crippen LogP contribution in [0.2, 0.25) is 0 Å². The zero-order chi connectivity index (χ0) is 11.8. The summed E-state index contributed by atoms with van der Waals surface area (Å²) >= 11 is 0. The summed E-state index contributed by atoms with van der Waals surface area (Å²) in [6.07, 6.45) is 6.46. The van der Waals surface area contributed by atoms with E-state index in [1.807, 2.05) is 33.4 Å². The maximum Gasteiger partial charge on any atom is 0.206 e. The Morgan fingerprint density at radius 3 is 2.88 bits per heavy atom. The van der Waals surface area contributed by atoms with E-state index in [2.05, 4.69) is 16.1 Å². The number of aryl methyl sites for hydroxylation is 1. The van der Waals surface area contributed by atoms with E-state index >= 15 is 0 Å². The van der Waals surface area contributed by atoms with Crippen molar-refractivity contribution in [2.75, 3.05) is 0 Å². The van der Waals surface area contributed by atoms with Gasteiger partial charge < -0.3 is 4.74 Å². The van der Waals surface area contributed by atoms with Gasteiger partial charge in [0.1, 0.15) is 14.0 Å². The lowest BCUT2D eigenvalue weighted by atomic mass is 9.95. The highest BCUT2D eigenvalue weighted by molar-refractivity contribution is 6.34. The molecule has 1 aliphatic carbocycles. The molecule has 86 valence electrons. The van der Waals surface area contributed by atoms with Gasteiger partial charge in [0.15, 0.2) is 0 Å². The highest BCUT2D eigenvalue weighted by Gasteiger charge is 2.24. The molecule has 3 rings (SSSR count). The third kappa shape index (κ3) is 2.18. The van der Waals surface area contributed by atoms with E-state index in [1.165, 1.54) is 0 Å². The Bertz CT molecular complexity index is 548. The summed E-state index contributed by atoms with van der Waals surface area (Å²) in [5.41, 5.74) is 3.05. The summed E-state index contributed by atoms with van der Waals surface area (Å²) in [7, 11) is 3.94. The van der Waals surface area contributed by atoms with Crippen LogP contribution in [0.4, 0.5) is 0 Å². The Labute approximate surface area is 101 Å². The summed E-state index contributed by atoms with van der Waals surface area (Å²) in [6, 6.07) is 4.06. The van der Waals surface area contributed by atoms with Gasteiger partial charge in [-0.3, -0.25) is 4.68 Å². The number of nitrogens with zero attached hydrogens (tertiary/aromatic N) is 3. The van der Waals surface area contributed by atoms with Crippen LogP contribution in [-0.2, 0) is 7.05 Å². The molecule has 5 heteroatoms. The molecule has 0 spiro atoms. The Morgan fingerprint density at radius 2 is 2.29 bits per heavy atom. The Hall–Kier alpha value is -1.78. The van der Waals surface area contributed by atoms with Gasteiger partial charge >= 0.3 is 0 Å². The SMILES string of the molecule is Bc1cc(-c2ccn(C)n2)cnc1OC1CC1. The van der Waals surface area contributed by atoms with Gasteiger partial charge in [-0.1, -0.05) is 6.07 Å². The second kappa shape index (κ2) is 3.91. The molecule has 1 fully saturated rings. The monoisotopic (exact) mass is 227 g/mol. The largest absolute Gasteiger partial charge is 0.475 e. The summed E-state index contributed by atoms with van der Waals surface area (Å²) in [5, 5.41) is 4.36. The minimum atomic E-state index is 0.391. The molecule has 0 N–H and O–H groups in total. The van der Waals surface area contributed by atoms with Crippen molar-refractivity contribution in [1.82, 2.24) is 14.8 Å². The van der Waals surface area contributed by atoms with Crippen LogP contribution in [0.5, 0.6) is 5.88 Å². The maximum atomic E-state index is 5.72. The molecular weight excluding hydrogens is 213 g/mol. The van der Waals surface area contributed by atoms with Gasteiger partial charge in [0, 0.05) is 25.0 Å². The van der Waals surface area contributed by atoms with E-state index in [0.717, 1.165) is 35.4 Å². The van der Waals surface area contributed by atoms with Gasteiger partial charge in [0.25, 0.3) is 0 Å². The van der Waals surface area contributed by atoms with Crippen molar-refractivity contribution in [2.45, 2.75) is 18.9 Å². The number of aromatic nitrogens is 3. The molecule has 0 aromatic carbocycles. The van der Waals surface area contributed by atoms with E-state index in [-0.39, 0.29) is 0 Å². The predicted molar refractivity (Wildman–Crippen MR) is 68.3 cm³/mol. The molecule has 0 bridgehead atoms. The molecule has 4 nitrogen and oxygen atoms in total. The van der Waals surface area contributed by atoms with Gasteiger partial charge in [-0.15, -0.1) is 0 Å². The third-order valence-corrected chi connectivity index (χ3v) is 2.84. The van der Waals surface area contributed by atoms with Crippen LogP contribution >= 0.6 is 0 Å². The molecule has 0 atom stereocenters. The predicted octanol–water partition coefficient (Wildman–Crippen LogP) is 0.282. The van der Waals surface area contributed by atoms with Crippen LogP contribution in [0.1, 0.15) is 12.8 Å². The number of hydrogen-bond acceptors (Lipinski definition) is 3. The Kier molecular flexibility index (Phi) is 2.39. The molecular formula is C12H14BN3O. The molecule has 0 aliphatic heterocycles. The second-order valence-electron chi connectivity index (χ2n) is 4.54. The lowest BCUT2D eigenvalue weighted by molar-refractivity contribution is 0.294. The first-order chi connectivity index (χ1) is 8.22. The molecule has 2 aromatic heterocycles. The minimum absolute atomic E-state index is 0.391. The summed E-state index contributed by atoms with van der Waals surface area (Å²) in [6.45, 7) is 0. The Morgan fingerprint density at radius 1 is 1.47 bits per heavy atom. The van der Waals surface area contributed by atoms with Crippen molar-refractivity contribution in [1.29, 1.82) is 0 Å². The molecule has 0 amide bonds. The van der Waals surface area contributed by atoms with E-state index in [0.29, 0.717) is 6.10 Å². The number of hydrogen-bond donors (Lipinski definition) is 0. The average Bonchev–Trinajstić information content (AvgIpc) is 3.02. The normalized spacial score (nSPS) is 14.9. The van der Waals surface area contributed by atoms with Crippen LogP contribution < -0.4 is 10.2 Å². The fourth-order valence-electron chi connectivity index (χ4n) is 1.74. The molecule has 0 saturated heterocycles. The standard InChI is InChI=1S/C12H14BN3O/c1-16-5-4-11(15-16)8-6-10(13)12(14-7-8)17-9-2-3-9/h4-7,9H,2-3,13H2,1H3. The number of pyridine rings is 1. The van der Waals surface area contributed by atoms with Gasteiger partial charge in [0.2, 0.25) is 5.88 Å². The highest BCUT2D eigenvalue weighted by Crippen LogP contribution is 2.25. The lowest BCUT2D eigenvalue weighted by Crippen LogP contribution is -2.12. The fraction of sp³-hybridized carbons (Fsp3) is 0.333. The van der Waals surface area contributed by atoms with Gasteiger partial charge in [-0.2, -0.15) is 5.10 Å². The van der Waals surface area contributed by atoms with Crippen molar-refractivity contribution in [3.63, 3.8) is 0 Å². The molecule has 17 heavy (non-hydrogen) atoms. The molecule has 0 radical (unpaired) electrons. The van der Waals surface area contributed by atoms with E-state index < -0.39 is 0 Å². The maximum absolute atomic E-state index is 5.72. The fourth-order valence-corrected chi connectivity index (χ4v) is 1.74. The topological polar surface area (TPSA) is 39.9 Å². The quantitative estimate of drug-likeness (QED) is 0.707. The van der Waals surface area contributed by atoms with Crippen molar-refractivity contribution < 1.29 is 4.74 Å². The molecule has 1 aliphatic rings. The summed E-state index contributed by atoms with van der Waals surface area (Å²) in [4.78, 5) is 4.37. The van der Waals surface area contributed by atoms with E-state index in [4.69, 9.17) is 4.74 Å². The molecule has 1 saturated carbocycles. The van der Waals surface area contributed by atoms with Crippen LogP contribution in [-0.4, -0.2) is 28.7 Å². The minimum Gasteiger partial charge on any atom is -0.475 e. The number of rotatable bonds is 3. The Balaban J connectivity index is 1.89. The van der Waals surface area contributed by atoms with E-state index in [1.54, 1.807) is 4.68 Å². The first kappa shape index (κ1) is 10.4. The van der Waals surface area contributed by atoms with Gasteiger partial charge in [-0.05, 0) is 24.4 Å². The van der Waals surface area contributed by atoms with Crippen molar-refractivity contribution in [2.24, 2.45) is 7.05 Å². The van der Waals surface area contributed by atoms with Gasteiger partial charge in [-0.25, -0.2) is 4.98 Å². The smallest absolute Gasteiger partial charge is 0.206 e.